The number of ether oxygens (including phenoxy) is 1. The van der Waals surface area contributed by atoms with E-state index in [0.29, 0.717) is 34.6 Å². The molecule has 0 spiro atoms. The van der Waals surface area contributed by atoms with Crippen molar-refractivity contribution in [2.75, 3.05) is 12.4 Å². The number of benzene rings is 2. The van der Waals surface area contributed by atoms with Gasteiger partial charge in [-0.15, -0.1) is 0 Å². The normalized spacial score (nSPS) is 18.8. The van der Waals surface area contributed by atoms with Crippen LogP contribution in [0.1, 0.15) is 48.3 Å². The summed E-state index contributed by atoms with van der Waals surface area (Å²) in [5, 5.41) is 17.8. The fraction of sp³-hybridized carbons (Fsp3) is 0.233. The molecule has 1 aromatic heterocycles. The Morgan fingerprint density at radius 2 is 1.85 bits per heavy atom. The van der Waals surface area contributed by atoms with Crippen molar-refractivity contribution in [1.29, 1.82) is 0 Å². The Labute approximate surface area is 225 Å². The number of dihydropyridines is 1. The predicted molar refractivity (Wildman–Crippen MR) is 146 cm³/mol. The Kier molecular flexibility index (Phi) is 6.98. The quantitative estimate of drug-likeness (QED) is 0.331. The van der Waals surface area contributed by atoms with E-state index in [1.807, 2.05) is 37.3 Å². The molecule has 2 aromatic carbocycles. The van der Waals surface area contributed by atoms with Crippen molar-refractivity contribution < 1.29 is 19.2 Å². The number of hydrogen-bond acceptors (Lipinski definition) is 7. The summed E-state index contributed by atoms with van der Waals surface area (Å²) in [7, 11) is 1.61. The molecule has 1 aliphatic carbocycles. The molecule has 39 heavy (non-hydrogen) atoms. The number of nitro groups is 1. The fourth-order valence-electron chi connectivity index (χ4n) is 5.39. The molecule has 9 heteroatoms. The summed E-state index contributed by atoms with van der Waals surface area (Å²) in [6.07, 6.45) is 2.42. The number of nitrogens with zero attached hydrogens (tertiary/aromatic N) is 2. The minimum Gasteiger partial charge on any atom is -0.497 e. The second-order valence-electron chi connectivity index (χ2n) is 9.82. The van der Waals surface area contributed by atoms with E-state index in [9.17, 15) is 19.7 Å². The maximum atomic E-state index is 13.8. The molecule has 0 fully saturated rings. The lowest BCUT2D eigenvalue weighted by atomic mass is 9.71. The largest absolute Gasteiger partial charge is 0.497 e. The van der Waals surface area contributed by atoms with Crippen molar-refractivity contribution in [3.8, 4) is 5.75 Å². The number of methoxy groups -OCH3 is 1. The zero-order valence-electron chi connectivity index (χ0n) is 21.9. The minimum atomic E-state index is -0.768. The standard InChI is InChI=1S/C30H28N4O5/c1-17-11-12-31-26(13-17)33-30(36)27-18(2)32-24-15-21(19-7-9-23(39-3)10-8-19)16-25(35)29(24)28(27)20-5-4-6-22(14-20)34(37)38/h4-14,21,28,32H,15-16H2,1-3H3,(H,31,33,36). The van der Waals surface area contributed by atoms with Crippen LogP contribution in [0.4, 0.5) is 11.5 Å². The van der Waals surface area contributed by atoms with Gasteiger partial charge in [-0.05, 0) is 67.1 Å². The van der Waals surface area contributed by atoms with E-state index in [-0.39, 0.29) is 23.8 Å². The van der Waals surface area contributed by atoms with Gasteiger partial charge in [0.15, 0.2) is 5.78 Å². The number of nitrogens with one attached hydrogen (secondary N) is 2. The van der Waals surface area contributed by atoms with Gasteiger partial charge in [0.25, 0.3) is 11.6 Å². The third kappa shape index (κ3) is 5.16. The van der Waals surface area contributed by atoms with Crippen molar-refractivity contribution in [1.82, 2.24) is 10.3 Å². The molecule has 0 saturated carbocycles. The van der Waals surface area contributed by atoms with Crippen molar-refractivity contribution in [2.24, 2.45) is 0 Å². The molecule has 2 heterocycles. The molecule has 0 bridgehead atoms. The van der Waals surface area contributed by atoms with Gasteiger partial charge in [-0.1, -0.05) is 24.3 Å². The van der Waals surface area contributed by atoms with Crippen molar-refractivity contribution >= 4 is 23.2 Å². The Morgan fingerprint density at radius 3 is 2.54 bits per heavy atom. The van der Waals surface area contributed by atoms with E-state index in [1.54, 1.807) is 38.4 Å². The number of carbonyl (C=O) groups excluding carboxylic acids is 2. The molecule has 0 saturated heterocycles. The Balaban J connectivity index is 1.57. The Morgan fingerprint density at radius 1 is 1.08 bits per heavy atom. The second kappa shape index (κ2) is 10.5. The maximum absolute atomic E-state index is 13.8. The van der Waals surface area contributed by atoms with E-state index in [0.717, 1.165) is 22.6 Å². The minimum absolute atomic E-state index is 0.0555. The topological polar surface area (TPSA) is 123 Å². The molecule has 5 rings (SSSR count). The van der Waals surface area contributed by atoms with Crippen LogP contribution in [0.15, 0.2) is 89.4 Å². The van der Waals surface area contributed by atoms with E-state index >= 15 is 0 Å². The highest BCUT2D eigenvalue weighted by Gasteiger charge is 2.41. The first-order valence-corrected chi connectivity index (χ1v) is 12.6. The molecule has 2 aliphatic rings. The molecular weight excluding hydrogens is 496 g/mol. The van der Waals surface area contributed by atoms with E-state index in [4.69, 9.17) is 4.74 Å². The van der Waals surface area contributed by atoms with Crippen molar-refractivity contribution in [2.45, 2.75) is 38.5 Å². The first kappa shape index (κ1) is 25.8. The number of Topliss-reactive ketones (excluding diaryl/α,β-unsaturated/α-hetero) is 1. The van der Waals surface area contributed by atoms with Crippen LogP contribution in [0.25, 0.3) is 0 Å². The molecule has 9 nitrogen and oxygen atoms in total. The van der Waals surface area contributed by atoms with Crippen LogP contribution < -0.4 is 15.4 Å². The molecule has 198 valence electrons. The lowest BCUT2D eigenvalue weighted by Gasteiger charge is -2.37. The van der Waals surface area contributed by atoms with Gasteiger partial charge in [0.05, 0.1) is 12.0 Å². The highest BCUT2D eigenvalue weighted by molar-refractivity contribution is 6.09. The van der Waals surface area contributed by atoms with Gasteiger partial charge in [0, 0.05) is 53.2 Å². The summed E-state index contributed by atoms with van der Waals surface area (Å²) in [4.78, 5) is 42.8. The zero-order valence-corrected chi connectivity index (χ0v) is 21.9. The number of hydrogen-bond donors (Lipinski definition) is 2. The highest BCUT2D eigenvalue weighted by atomic mass is 16.6. The molecule has 2 atom stereocenters. The molecular formula is C30H28N4O5. The zero-order chi connectivity index (χ0) is 27.7. The van der Waals surface area contributed by atoms with Gasteiger partial charge in [-0.2, -0.15) is 0 Å². The number of allylic oxidation sites excluding steroid dienone is 3. The molecule has 3 aromatic rings. The highest BCUT2D eigenvalue weighted by Crippen LogP contribution is 2.46. The summed E-state index contributed by atoms with van der Waals surface area (Å²) in [6, 6.07) is 17.4. The number of rotatable bonds is 6. The lowest BCUT2D eigenvalue weighted by molar-refractivity contribution is -0.384. The molecule has 1 amide bonds. The fourth-order valence-corrected chi connectivity index (χ4v) is 5.39. The van der Waals surface area contributed by atoms with Crippen LogP contribution in [-0.2, 0) is 9.59 Å². The number of pyridine rings is 1. The number of aryl methyl sites for hydroxylation is 1. The predicted octanol–water partition coefficient (Wildman–Crippen LogP) is 5.31. The molecule has 0 radical (unpaired) electrons. The number of nitro benzene ring substituents is 1. The third-order valence-corrected chi connectivity index (χ3v) is 7.23. The maximum Gasteiger partial charge on any atom is 0.269 e. The van der Waals surface area contributed by atoms with E-state index in [2.05, 4.69) is 15.6 Å². The number of carbonyl (C=O) groups is 2. The number of anilines is 1. The van der Waals surface area contributed by atoms with Crippen molar-refractivity contribution in [3.63, 3.8) is 0 Å². The summed E-state index contributed by atoms with van der Waals surface area (Å²) >= 11 is 0. The van der Waals surface area contributed by atoms with Gasteiger partial charge < -0.3 is 15.4 Å². The van der Waals surface area contributed by atoms with Crippen LogP contribution in [0.2, 0.25) is 0 Å². The Hall–Kier alpha value is -4.79. The average Bonchev–Trinajstić information content (AvgIpc) is 2.92. The molecule has 2 N–H and O–H groups in total. The monoisotopic (exact) mass is 524 g/mol. The van der Waals surface area contributed by atoms with Gasteiger partial charge in [-0.25, -0.2) is 4.98 Å². The van der Waals surface area contributed by atoms with Crippen LogP contribution >= 0.6 is 0 Å². The summed E-state index contributed by atoms with van der Waals surface area (Å²) in [5.74, 6) is -0.235. The van der Waals surface area contributed by atoms with Gasteiger partial charge in [0.1, 0.15) is 11.6 Å². The summed E-state index contributed by atoms with van der Waals surface area (Å²) in [6.45, 7) is 3.68. The number of non-ortho nitro benzene ring substituents is 1. The number of aromatic nitrogens is 1. The first-order chi connectivity index (χ1) is 18.7. The van der Waals surface area contributed by atoms with Crippen molar-refractivity contribution in [3.05, 3.63) is 116 Å². The second-order valence-corrected chi connectivity index (χ2v) is 9.82. The van der Waals surface area contributed by atoms with Gasteiger partial charge in [-0.3, -0.25) is 19.7 Å². The van der Waals surface area contributed by atoms with E-state index < -0.39 is 16.7 Å². The summed E-state index contributed by atoms with van der Waals surface area (Å²) < 4.78 is 5.27. The Bertz CT molecular complexity index is 1540. The smallest absolute Gasteiger partial charge is 0.269 e. The average molecular weight is 525 g/mol. The molecule has 1 aliphatic heterocycles. The number of ketones is 1. The van der Waals surface area contributed by atoms with E-state index in [1.165, 1.54) is 12.1 Å². The van der Waals surface area contributed by atoms with Gasteiger partial charge in [0.2, 0.25) is 0 Å². The lowest BCUT2D eigenvalue weighted by Crippen LogP contribution is -2.37. The summed E-state index contributed by atoms with van der Waals surface area (Å²) in [5.41, 5.74) is 4.45. The van der Waals surface area contributed by atoms with Crippen LogP contribution in [0, 0.1) is 17.0 Å². The first-order valence-electron chi connectivity index (χ1n) is 12.6. The molecule has 2 unspecified atom stereocenters. The van der Waals surface area contributed by atoms with Crippen LogP contribution in [0.5, 0.6) is 5.75 Å². The van der Waals surface area contributed by atoms with Crippen LogP contribution in [-0.4, -0.2) is 28.7 Å². The third-order valence-electron chi connectivity index (χ3n) is 7.23. The van der Waals surface area contributed by atoms with Gasteiger partial charge >= 0.3 is 0 Å². The SMILES string of the molecule is COc1ccc(C2CC(=O)C3=C(C2)NC(C)=C(C(=O)Nc2cc(C)ccn2)C3c2cccc([N+](=O)[O-])c2)cc1. The van der Waals surface area contributed by atoms with Crippen LogP contribution in [0.3, 0.4) is 0 Å². The number of amides is 1.